The van der Waals surface area contributed by atoms with Crippen LogP contribution >= 0.6 is 10.8 Å². The van der Waals surface area contributed by atoms with Gasteiger partial charge in [-0.05, 0) is 6.42 Å². The summed E-state index contributed by atoms with van der Waals surface area (Å²) in [4.78, 5) is 0. The molecule has 0 saturated carbocycles. The summed E-state index contributed by atoms with van der Waals surface area (Å²) in [6, 6.07) is 0. The third kappa shape index (κ3) is 3.71. The van der Waals surface area contributed by atoms with Gasteiger partial charge in [-0.25, -0.2) is 4.31 Å². The van der Waals surface area contributed by atoms with E-state index in [9.17, 15) is 17.5 Å². The Balaban J connectivity index is 2.32. The minimum Gasteiger partial charge on any atom is -0.285 e. The van der Waals surface area contributed by atoms with Crippen molar-refractivity contribution in [2.75, 3.05) is 31.7 Å². The molecule has 0 radical (unpaired) electrons. The first-order chi connectivity index (χ1) is 6.31. The Labute approximate surface area is 85.5 Å². The molecule has 14 heavy (non-hydrogen) atoms. The van der Waals surface area contributed by atoms with Crippen molar-refractivity contribution in [3.63, 3.8) is 0 Å². The summed E-state index contributed by atoms with van der Waals surface area (Å²) in [5.74, 6) is 0.367. The van der Waals surface area contributed by atoms with Gasteiger partial charge in [-0.1, -0.05) is 0 Å². The Morgan fingerprint density at radius 1 is 1.50 bits per heavy atom. The average molecular weight is 245 g/mol. The normalized spacial score (nSPS) is 25.1. The van der Waals surface area contributed by atoms with Gasteiger partial charge in [-0.2, -0.15) is 8.42 Å². The van der Waals surface area contributed by atoms with Crippen LogP contribution < -0.4 is 0 Å². The van der Waals surface area contributed by atoms with E-state index in [0.29, 0.717) is 12.3 Å². The molecule has 1 saturated heterocycles. The first-order valence-corrected chi connectivity index (χ1v) is 7.66. The maximum absolute atomic E-state index is 10.6. The summed E-state index contributed by atoms with van der Waals surface area (Å²) in [5, 5.41) is 0. The highest BCUT2D eigenvalue weighted by molar-refractivity contribution is 8.22. The highest BCUT2D eigenvalue weighted by Crippen LogP contribution is 2.47. The highest BCUT2D eigenvalue weighted by atomic mass is 32.3. The van der Waals surface area contributed by atoms with Crippen LogP contribution in [0.3, 0.4) is 0 Å². The van der Waals surface area contributed by atoms with E-state index in [4.69, 9.17) is 0 Å². The number of hydrogen-bond donors (Lipinski definition) is 2. The topological polar surface area (TPSA) is 87.1 Å². The summed E-state index contributed by atoms with van der Waals surface area (Å²) >= 11 is 0. The fraction of sp³-hybridized carbons (Fsp3) is 1.00. The van der Waals surface area contributed by atoms with Crippen LogP contribution in [0.2, 0.25) is 0 Å². The van der Waals surface area contributed by atoms with Gasteiger partial charge in [0.2, 0.25) is 0 Å². The molecule has 0 aromatic heterocycles. The third-order valence-corrected chi connectivity index (χ3v) is 4.50. The first kappa shape index (κ1) is 12.2. The number of nitrogens with zero attached hydrogens (tertiary/aromatic N) is 1. The zero-order valence-corrected chi connectivity index (χ0v) is 9.55. The van der Waals surface area contributed by atoms with Crippen molar-refractivity contribution in [1.82, 2.24) is 4.31 Å². The van der Waals surface area contributed by atoms with Gasteiger partial charge in [0.15, 0.2) is 0 Å². The molecule has 0 spiro atoms. The molecular weight excluding hydrogens is 230 g/mol. The highest BCUT2D eigenvalue weighted by Gasteiger charge is 2.28. The van der Waals surface area contributed by atoms with Crippen LogP contribution in [0.15, 0.2) is 0 Å². The number of rotatable bonds is 4. The van der Waals surface area contributed by atoms with Crippen molar-refractivity contribution >= 4 is 20.9 Å². The Morgan fingerprint density at radius 3 is 2.57 bits per heavy atom. The number of hydrogen-bond acceptors (Lipinski definition) is 6. The second kappa shape index (κ2) is 4.33. The molecule has 0 aromatic carbocycles. The monoisotopic (exact) mass is 245 g/mol. The molecule has 6 nitrogen and oxygen atoms in total. The predicted octanol–water partition coefficient (Wildman–Crippen LogP) is 0.334. The molecule has 86 valence electrons. The minimum absolute atomic E-state index is 0.0330. The maximum Gasteiger partial charge on any atom is 0.264 e. The molecular formula is C6H15NO5S2. The van der Waals surface area contributed by atoms with Gasteiger partial charge in [-0.3, -0.25) is 13.3 Å². The van der Waals surface area contributed by atoms with Crippen LogP contribution in [-0.4, -0.2) is 53.5 Å². The van der Waals surface area contributed by atoms with E-state index in [2.05, 4.69) is 4.18 Å². The molecule has 0 unspecified atom stereocenters. The largest absolute Gasteiger partial charge is 0.285 e. The lowest BCUT2D eigenvalue weighted by atomic mass is 10.5. The van der Waals surface area contributed by atoms with E-state index in [-0.39, 0.29) is 13.2 Å². The molecule has 1 fully saturated rings. The fourth-order valence-corrected chi connectivity index (χ4v) is 3.20. The summed E-state index contributed by atoms with van der Waals surface area (Å²) in [7, 11) is -6.08. The molecule has 1 heterocycles. The average Bonchev–Trinajstić information content (AvgIpc) is 2.28. The summed E-state index contributed by atoms with van der Waals surface area (Å²) in [6.45, 7) is 0.777. The Kier molecular flexibility index (Phi) is 3.78. The van der Waals surface area contributed by atoms with E-state index in [1.807, 2.05) is 0 Å². The van der Waals surface area contributed by atoms with Gasteiger partial charge >= 0.3 is 0 Å². The lowest BCUT2D eigenvalue weighted by Gasteiger charge is -2.36. The van der Waals surface area contributed by atoms with Gasteiger partial charge in [0.25, 0.3) is 10.1 Å². The fourth-order valence-electron chi connectivity index (χ4n) is 1.26. The summed E-state index contributed by atoms with van der Waals surface area (Å²) in [5.41, 5.74) is 0. The summed E-state index contributed by atoms with van der Waals surface area (Å²) in [6.07, 6.45) is 1.69. The van der Waals surface area contributed by atoms with Gasteiger partial charge in [0, 0.05) is 13.1 Å². The molecule has 1 aliphatic heterocycles. The third-order valence-electron chi connectivity index (χ3n) is 1.88. The molecule has 0 aliphatic carbocycles. The van der Waals surface area contributed by atoms with Gasteiger partial charge in [0.05, 0.1) is 18.6 Å². The second-order valence-corrected chi connectivity index (χ2v) is 6.98. The van der Waals surface area contributed by atoms with E-state index in [1.54, 1.807) is 0 Å². The molecule has 0 bridgehead atoms. The van der Waals surface area contributed by atoms with Crippen molar-refractivity contribution in [3.05, 3.63) is 0 Å². The van der Waals surface area contributed by atoms with Crippen molar-refractivity contribution < 1.29 is 21.7 Å². The Morgan fingerprint density at radius 2 is 2.14 bits per heavy atom. The Bertz CT molecular complexity index is 289. The van der Waals surface area contributed by atoms with Gasteiger partial charge < -0.3 is 0 Å². The van der Waals surface area contributed by atoms with Crippen LogP contribution in [0.5, 0.6) is 0 Å². The van der Waals surface area contributed by atoms with Crippen molar-refractivity contribution in [2.24, 2.45) is 0 Å². The van der Waals surface area contributed by atoms with Crippen LogP contribution in [0.4, 0.5) is 0 Å². The van der Waals surface area contributed by atoms with E-state index >= 15 is 0 Å². The van der Waals surface area contributed by atoms with E-state index < -0.39 is 20.9 Å². The lowest BCUT2D eigenvalue weighted by Crippen LogP contribution is -2.27. The van der Waals surface area contributed by atoms with Crippen molar-refractivity contribution in [1.29, 1.82) is 0 Å². The van der Waals surface area contributed by atoms with E-state index in [0.717, 1.165) is 12.7 Å². The van der Waals surface area contributed by atoms with Gasteiger partial charge in [0.1, 0.15) is 0 Å². The van der Waals surface area contributed by atoms with Crippen molar-refractivity contribution in [2.45, 2.75) is 6.42 Å². The Hall–Kier alpha value is 0.140. The predicted molar refractivity (Wildman–Crippen MR) is 54.7 cm³/mol. The van der Waals surface area contributed by atoms with Crippen LogP contribution in [0, 0.1) is 0 Å². The maximum atomic E-state index is 10.6. The molecule has 2 N–H and O–H groups in total. The standard InChI is InChI=1S/C6H15NO5S2/c1-13(8,9)12-5-4-7-3-2-6-14(7,10)11/h10-11H,2-6H2,1H3. The van der Waals surface area contributed by atoms with Crippen LogP contribution in [0.25, 0.3) is 0 Å². The smallest absolute Gasteiger partial charge is 0.264 e. The van der Waals surface area contributed by atoms with Gasteiger partial charge in [-0.15, -0.1) is 10.8 Å². The molecule has 8 heteroatoms. The lowest BCUT2D eigenvalue weighted by molar-refractivity contribution is 0.274. The molecule has 1 aliphatic rings. The van der Waals surface area contributed by atoms with Crippen LogP contribution in [-0.2, 0) is 14.3 Å². The summed E-state index contributed by atoms with van der Waals surface area (Å²) < 4.78 is 46.1. The van der Waals surface area contributed by atoms with Crippen molar-refractivity contribution in [3.8, 4) is 0 Å². The quantitative estimate of drug-likeness (QED) is 0.694. The second-order valence-electron chi connectivity index (χ2n) is 3.15. The minimum atomic E-state index is -3.43. The molecule has 1 rings (SSSR count). The molecule has 0 atom stereocenters. The zero-order chi connectivity index (χ0) is 10.8. The van der Waals surface area contributed by atoms with Crippen LogP contribution in [0.1, 0.15) is 6.42 Å². The first-order valence-electron chi connectivity index (χ1n) is 4.17. The SMILES string of the molecule is CS(=O)(=O)OCCN1CCCS1(O)O. The zero-order valence-electron chi connectivity index (χ0n) is 7.92. The van der Waals surface area contributed by atoms with E-state index in [1.165, 1.54) is 4.31 Å². The molecule has 0 aromatic rings. The molecule has 0 amide bonds.